The van der Waals surface area contributed by atoms with Crippen LogP contribution in [0.4, 0.5) is 0 Å². The third-order valence-corrected chi connectivity index (χ3v) is 2.12. The maximum Gasteiger partial charge on any atom is 0.0223 e. The Hall–Kier alpha value is -1.50. The monoisotopic (exact) mass is 187 g/mol. The van der Waals surface area contributed by atoms with Crippen molar-refractivity contribution in [3.63, 3.8) is 0 Å². The third kappa shape index (κ3) is 2.49. The van der Waals surface area contributed by atoms with Crippen molar-refractivity contribution in [2.24, 2.45) is 0 Å². The van der Waals surface area contributed by atoms with E-state index in [4.69, 9.17) is 0 Å². The molecular weight excluding hydrogens is 170 g/mol. The summed E-state index contributed by atoms with van der Waals surface area (Å²) in [5.41, 5.74) is 3.78. The first kappa shape index (κ1) is 10.6. The molecule has 1 N–H and O–H groups in total. The molecule has 1 nitrogen and oxygen atoms in total. The van der Waals surface area contributed by atoms with Crippen molar-refractivity contribution in [1.29, 1.82) is 0 Å². The molecule has 0 unspecified atom stereocenters. The lowest BCUT2D eigenvalue weighted by Crippen LogP contribution is -1.88. The van der Waals surface area contributed by atoms with E-state index in [-0.39, 0.29) is 0 Å². The van der Waals surface area contributed by atoms with Crippen molar-refractivity contribution in [3.05, 3.63) is 61.0 Å². The van der Waals surface area contributed by atoms with Crippen LogP contribution in [0.15, 0.2) is 44.0 Å². The highest BCUT2D eigenvalue weighted by molar-refractivity contribution is 5.30. The summed E-state index contributed by atoms with van der Waals surface area (Å²) >= 11 is 0. The molecule has 0 fully saturated rings. The quantitative estimate of drug-likeness (QED) is 0.658. The molecule has 14 heavy (non-hydrogen) atoms. The van der Waals surface area contributed by atoms with Gasteiger partial charge < -0.3 is 4.98 Å². The summed E-state index contributed by atoms with van der Waals surface area (Å²) in [5.74, 6) is 0. The van der Waals surface area contributed by atoms with Crippen LogP contribution in [0, 0.1) is 0 Å². The van der Waals surface area contributed by atoms with Crippen molar-refractivity contribution in [3.8, 4) is 0 Å². The van der Waals surface area contributed by atoms with Crippen LogP contribution in [-0.4, -0.2) is 4.98 Å². The molecule has 0 aliphatic heterocycles. The van der Waals surface area contributed by atoms with Crippen LogP contribution in [0.2, 0.25) is 0 Å². The lowest BCUT2D eigenvalue weighted by molar-refractivity contribution is 1.06. The molecule has 0 spiro atoms. The minimum atomic E-state index is 0.889. The zero-order valence-electron chi connectivity index (χ0n) is 8.55. The van der Waals surface area contributed by atoms with E-state index in [1.807, 2.05) is 18.2 Å². The third-order valence-electron chi connectivity index (χ3n) is 2.12. The molecule has 74 valence electrons. The first-order valence-corrected chi connectivity index (χ1v) is 4.84. The van der Waals surface area contributed by atoms with Crippen LogP contribution in [0.25, 0.3) is 0 Å². The lowest BCUT2D eigenvalue weighted by atomic mass is 10.1. The van der Waals surface area contributed by atoms with Gasteiger partial charge in [0.25, 0.3) is 0 Å². The van der Waals surface area contributed by atoms with Gasteiger partial charge in [0.1, 0.15) is 0 Å². The van der Waals surface area contributed by atoms with Gasteiger partial charge in [-0.3, -0.25) is 0 Å². The normalized spacial score (nSPS) is 9.71. The van der Waals surface area contributed by atoms with Crippen LogP contribution < -0.4 is 0 Å². The molecule has 0 radical (unpaired) electrons. The lowest BCUT2D eigenvalue weighted by Gasteiger charge is -1.96. The van der Waals surface area contributed by atoms with Crippen molar-refractivity contribution >= 4 is 0 Å². The molecule has 0 aromatic carbocycles. The maximum atomic E-state index is 3.75. The van der Waals surface area contributed by atoms with Crippen molar-refractivity contribution in [1.82, 2.24) is 4.98 Å². The summed E-state index contributed by atoms with van der Waals surface area (Å²) in [4.78, 5) is 3.38. The molecule has 1 heteroatoms. The highest BCUT2D eigenvalue weighted by Crippen LogP contribution is 2.14. The second-order valence-corrected chi connectivity index (χ2v) is 3.28. The van der Waals surface area contributed by atoms with Crippen molar-refractivity contribution < 1.29 is 0 Å². The highest BCUT2D eigenvalue weighted by atomic mass is 14.7. The van der Waals surface area contributed by atoms with E-state index in [9.17, 15) is 0 Å². The van der Waals surface area contributed by atoms with E-state index in [1.54, 1.807) is 0 Å². The molecule has 0 saturated carbocycles. The molecule has 1 aromatic rings. The second kappa shape index (κ2) is 5.28. The number of hydrogen-bond acceptors (Lipinski definition) is 0. The zero-order chi connectivity index (χ0) is 10.4. The Balaban J connectivity index is 2.91. The number of allylic oxidation sites excluding steroid dienone is 3. The molecule has 1 rings (SSSR count). The maximum absolute atomic E-state index is 3.75. The van der Waals surface area contributed by atoms with Gasteiger partial charge in [0.2, 0.25) is 0 Å². The molecular formula is C13H17N. The Bertz CT molecular complexity index is 304. The number of hydrogen-bond donors (Lipinski definition) is 1. The number of rotatable bonds is 6. The van der Waals surface area contributed by atoms with Crippen molar-refractivity contribution in [2.75, 3.05) is 0 Å². The number of aromatic nitrogens is 1. The number of nitrogens with one attached hydrogen (secondary N) is 1. The van der Waals surface area contributed by atoms with Crippen LogP contribution >= 0.6 is 0 Å². The molecule has 0 aliphatic carbocycles. The first-order valence-electron chi connectivity index (χ1n) is 4.84. The van der Waals surface area contributed by atoms with E-state index in [1.165, 1.54) is 17.0 Å². The highest BCUT2D eigenvalue weighted by Gasteiger charge is 2.04. The Labute approximate surface area is 85.9 Å². The summed E-state index contributed by atoms with van der Waals surface area (Å²) in [7, 11) is 0. The minimum absolute atomic E-state index is 0.889. The average molecular weight is 187 g/mol. The molecule has 0 bridgehead atoms. The number of H-pyrrole nitrogens is 1. The summed E-state index contributed by atoms with van der Waals surface area (Å²) in [6.45, 7) is 11.2. The average Bonchev–Trinajstić information content (AvgIpc) is 2.50. The number of aromatic amines is 1. The van der Waals surface area contributed by atoms with Gasteiger partial charge >= 0.3 is 0 Å². The molecule has 0 amide bonds. The van der Waals surface area contributed by atoms with E-state index >= 15 is 0 Å². The van der Waals surface area contributed by atoms with Gasteiger partial charge in [-0.25, -0.2) is 0 Å². The van der Waals surface area contributed by atoms with E-state index < -0.39 is 0 Å². The molecule has 1 aromatic heterocycles. The fraction of sp³-hybridized carbons (Fsp3) is 0.231. The van der Waals surface area contributed by atoms with E-state index in [0.29, 0.717) is 0 Å². The van der Waals surface area contributed by atoms with Crippen LogP contribution in [0.1, 0.15) is 17.0 Å². The van der Waals surface area contributed by atoms with Gasteiger partial charge in [0.05, 0.1) is 0 Å². The van der Waals surface area contributed by atoms with Gasteiger partial charge in [-0.2, -0.15) is 0 Å². The van der Waals surface area contributed by atoms with Crippen LogP contribution in [0.5, 0.6) is 0 Å². The van der Waals surface area contributed by atoms with Gasteiger partial charge in [-0.15, -0.1) is 19.7 Å². The van der Waals surface area contributed by atoms with Gasteiger partial charge in [-0.1, -0.05) is 18.2 Å². The predicted octanol–water partition coefficient (Wildman–Crippen LogP) is 3.20. The summed E-state index contributed by atoms with van der Waals surface area (Å²) in [6.07, 6.45) is 8.43. The summed E-state index contributed by atoms with van der Waals surface area (Å²) < 4.78 is 0. The Morgan fingerprint density at radius 2 is 1.64 bits per heavy atom. The Morgan fingerprint density at radius 3 is 2.21 bits per heavy atom. The molecule has 0 aliphatic rings. The topological polar surface area (TPSA) is 15.8 Å². The van der Waals surface area contributed by atoms with E-state index in [2.05, 4.69) is 30.8 Å². The molecule has 1 heterocycles. The Morgan fingerprint density at radius 1 is 1.00 bits per heavy atom. The summed E-state index contributed by atoms with van der Waals surface area (Å²) in [6, 6.07) is 2.18. The standard InChI is InChI=1S/C13H17N/c1-4-7-11-10-12(8-5-2)14-13(11)9-6-3/h4-6,10,14H,1-3,7-9H2. The van der Waals surface area contributed by atoms with E-state index in [0.717, 1.165) is 19.3 Å². The zero-order valence-corrected chi connectivity index (χ0v) is 8.55. The minimum Gasteiger partial charge on any atom is -0.362 e. The van der Waals surface area contributed by atoms with Crippen molar-refractivity contribution in [2.45, 2.75) is 19.3 Å². The van der Waals surface area contributed by atoms with Crippen LogP contribution in [-0.2, 0) is 19.3 Å². The van der Waals surface area contributed by atoms with Crippen LogP contribution in [0.3, 0.4) is 0 Å². The van der Waals surface area contributed by atoms with Gasteiger partial charge in [0.15, 0.2) is 0 Å². The SMILES string of the molecule is C=CCc1cc(CC=C)c(CC=C)[nH]1. The predicted molar refractivity (Wildman–Crippen MR) is 62.5 cm³/mol. The fourth-order valence-electron chi connectivity index (χ4n) is 1.54. The largest absolute Gasteiger partial charge is 0.362 e. The smallest absolute Gasteiger partial charge is 0.0223 e. The molecule has 0 saturated heterocycles. The van der Waals surface area contributed by atoms with Gasteiger partial charge in [-0.05, 0) is 18.1 Å². The summed E-state index contributed by atoms with van der Waals surface area (Å²) in [5, 5.41) is 0. The molecule has 0 atom stereocenters. The van der Waals surface area contributed by atoms with Gasteiger partial charge in [0, 0.05) is 24.2 Å². The first-order chi connectivity index (χ1) is 6.81. The second-order valence-electron chi connectivity index (χ2n) is 3.28. The Kier molecular flexibility index (Phi) is 3.99. The fourth-order valence-corrected chi connectivity index (χ4v) is 1.54.